The SMILES string of the molecule is CNc1nnsc1-c1ccccc1. The summed E-state index contributed by atoms with van der Waals surface area (Å²) in [5.74, 6) is 0.844. The van der Waals surface area contributed by atoms with Crippen molar-refractivity contribution in [3.63, 3.8) is 0 Å². The van der Waals surface area contributed by atoms with Crippen LogP contribution >= 0.6 is 11.5 Å². The highest BCUT2D eigenvalue weighted by Gasteiger charge is 2.06. The van der Waals surface area contributed by atoms with Crippen LogP contribution < -0.4 is 5.32 Å². The fourth-order valence-electron chi connectivity index (χ4n) is 1.13. The summed E-state index contributed by atoms with van der Waals surface area (Å²) in [6.07, 6.45) is 0. The third-order valence-corrected chi connectivity index (χ3v) is 2.54. The Balaban J connectivity index is 2.47. The zero-order chi connectivity index (χ0) is 9.10. The molecule has 0 saturated carbocycles. The molecule has 0 saturated heterocycles. The Labute approximate surface area is 80.6 Å². The number of nitrogens with zero attached hydrogens (tertiary/aromatic N) is 2. The second-order valence-corrected chi connectivity index (χ2v) is 3.32. The molecule has 0 bridgehead atoms. The summed E-state index contributed by atoms with van der Waals surface area (Å²) in [4.78, 5) is 1.09. The van der Waals surface area contributed by atoms with Crippen LogP contribution in [0, 0.1) is 0 Å². The van der Waals surface area contributed by atoms with Gasteiger partial charge in [-0.05, 0) is 17.1 Å². The molecular weight excluding hydrogens is 182 g/mol. The molecule has 2 rings (SSSR count). The first-order chi connectivity index (χ1) is 6.42. The Morgan fingerprint density at radius 1 is 1.23 bits per heavy atom. The van der Waals surface area contributed by atoms with E-state index in [0.29, 0.717) is 0 Å². The molecule has 1 heterocycles. The minimum absolute atomic E-state index is 0.844. The van der Waals surface area contributed by atoms with Crippen LogP contribution in [0.25, 0.3) is 10.4 Å². The predicted molar refractivity (Wildman–Crippen MR) is 54.9 cm³/mol. The number of hydrogen-bond acceptors (Lipinski definition) is 4. The largest absolute Gasteiger partial charge is 0.370 e. The van der Waals surface area contributed by atoms with Gasteiger partial charge in [0.25, 0.3) is 0 Å². The van der Waals surface area contributed by atoms with E-state index in [0.717, 1.165) is 16.3 Å². The summed E-state index contributed by atoms with van der Waals surface area (Å²) in [7, 11) is 1.85. The average Bonchev–Trinajstić information content (AvgIpc) is 2.67. The first-order valence-corrected chi connectivity index (χ1v) is 4.74. The van der Waals surface area contributed by atoms with Crippen LogP contribution in [0.3, 0.4) is 0 Å². The summed E-state index contributed by atoms with van der Waals surface area (Å²) in [5.41, 5.74) is 1.15. The molecule has 0 spiro atoms. The van der Waals surface area contributed by atoms with Gasteiger partial charge in [0.05, 0.1) is 4.88 Å². The molecule has 0 unspecified atom stereocenters. The van der Waals surface area contributed by atoms with Crippen LogP contribution in [-0.2, 0) is 0 Å². The van der Waals surface area contributed by atoms with Crippen LogP contribution in [0.5, 0.6) is 0 Å². The molecule has 2 aromatic rings. The van der Waals surface area contributed by atoms with Crippen molar-refractivity contribution in [3.05, 3.63) is 30.3 Å². The highest BCUT2D eigenvalue weighted by molar-refractivity contribution is 7.10. The van der Waals surface area contributed by atoms with E-state index in [1.807, 2.05) is 25.2 Å². The van der Waals surface area contributed by atoms with Crippen LogP contribution in [-0.4, -0.2) is 16.6 Å². The van der Waals surface area contributed by atoms with Crippen molar-refractivity contribution in [2.45, 2.75) is 0 Å². The molecule has 0 atom stereocenters. The fourth-order valence-corrected chi connectivity index (χ4v) is 1.81. The topological polar surface area (TPSA) is 37.8 Å². The van der Waals surface area contributed by atoms with E-state index in [1.165, 1.54) is 11.5 Å². The normalized spacial score (nSPS) is 9.92. The lowest BCUT2D eigenvalue weighted by molar-refractivity contribution is 1.15. The minimum atomic E-state index is 0.844. The van der Waals surface area contributed by atoms with E-state index in [9.17, 15) is 0 Å². The van der Waals surface area contributed by atoms with Gasteiger partial charge in [0, 0.05) is 7.05 Å². The molecule has 3 nitrogen and oxygen atoms in total. The molecule has 66 valence electrons. The maximum atomic E-state index is 3.97. The van der Waals surface area contributed by atoms with Crippen molar-refractivity contribution >= 4 is 17.4 Å². The molecule has 4 heteroatoms. The maximum Gasteiger partial charge on any atom is 0.169 e. The lowest BCUT2D eigenvalue weighted by Crippen LogP contribution is -1.89. The fraction of sp³-hybridized carbons (Fsp3) is 0.111. The highest BCUT2D eigenvalue weighted by atomic mass is 32.1. The number of aromatic nitrogens is 2. The molecule has 0 amide bonds. The molecule has 13 heavy (non-hydrogen) atoms. The quantitative estimate of drug-likeness (QED) is 0.791. The smallest absolute Gasteiger partial charge is 0.169 e. The molecular formula is C9H9N3S. The maximum absolute atomic E-state index is 3.97. The van der Waals surface area contributed by atoms with Crippen LogP contribution in [0.15, 0.2) is 30.3 Å². The molecule has 0 aliphatic carbocycles. The number of benzene rings is 1. The monoisotopic (exact) mass is 191 g/mol. The summed E-state index contributed by atoms with van der Waals surface area (Å²) in [6, 6.07) is 10.1. The zero-order valence-electron chi connectivity index (χ0n) is 7.19. The first kappa shape index (κ1) is 8.19. The van der Waals surface area contributed by atoms with E-state index in [1.54, 1.807) is 0 Å². The standard InChI is InChI=1S/C9H9N3S/c1-10-9-8(13-12-11-9)7-5-3-2-4-6-7/h2-6,10H,1H3. The molecule has 1 aromatic carbocycles. The Hall–Kier alpha value is -1.42. The van der Waals surface area contributed by atoms with Gasteiger partial charge in [-0.25, -0.2) is 0 Å². The van der Waals surface area contributed by atoms with Gasteiger partial charge in [0.2, 0.25) is 0 Å². The van der Waals surface area contributed by atoms with Gasteiger partial charge in [-0.2, -0.15) is 0 Å². The van der Waals surface area contributed by atoms with E-state index >= 15 is 0 Å². The van der Waals surface area contributed by atoms with E-state index < -0.39 is 0 Å². The number of hydrogen-bond donors (Lipinski definition) is 1. The molecule has 1 aromatic heterocycles. The van der Waals surface area contributed by atoms with Gasteiger partial charge < -0.3 is 5.32 Å². The summed E-state index contributed by atoms with van der Waals surface area (Å²) >= 11 is 1.40. The second-order valence-electron chi connectivity index (χ2n) is 2.57. The number of anilines is 1. The first-order valence-electron chi connectivity index (χ1n) is 3.97. The molecule has 0 radical (unpaired) electrons. The Morgan fingerprint density at radius 3 is 2.69 bits per heavy atom. The third-order valence-electron chi connectivity index (χ3n) is 1.76. The summed E-state index contributed by atoms with van der Waals surface area (Å²) < 4.78 is 3.90. The highest BCUT2D eigenvalue weighted by Crippen LogP contribution is 2.28. The lowest BCUT2D eigenvalue weighted by Gasteiger charge is -1.98. The van der Waals surface area contributed by atoms with Crippen molar-refractivity contribution in [2.24, 2.45) is 0 Å². The minimum Gasteiger partial charge on any atom is -0.370 e. The second kappa shape index (κ2) is 3.53. The van der Waals surface area contributed by atoms with Crippen LogP contribution in [0.2, 0.25) is 0 Å². The van der Waals surface area contributed by atoms with Gasteiger partial charge in [0.15, 0.2) is 5.82 Å². The average molecular weight is 191 g/mol. The van der Waals surface area contributed by atoms with Gasteiger partial charge in [-0.3, -0.25) is 0 Å². The number of nitrogens with one attached hydrogen (secondary N) is 1. The van der Waals surface area contributed by atoms with E-state index in [-0.39, 0.29) is 0 Å². The predicted octanol–water partition coefficient (Wildman–Crippen LogP) is 2.25. The molecule has 0 aliphatic heterocycles. The lowest BCUT2D eigenvalue weighted by atomic mass is 10.2. The zero-order valence-corrected chi connectivity index (χ0v) is 8.01. The van der Waals surface area contributed by atoms with Gasteiger partial charge in [-0.1, -0.05) is 34.8 Å². The Bertz CT molecular complexity index is 383. The van der Waals surface area contributed by atoms with Gasteiger partial charge >= 0.3 is 0 Å². The van der Waals surface area contributed by atoms with E-state index in [4.69, 9.17) is 0 Å². The van der Waals surface area contributed by atoms with Crippen LogP contribution in [0.4, 0.5) is 5.82 Å². The van der Waals surface area contributed by atoms with Crippen molar-refractivity contribution < 1.29 is 0 Å². The van der Waals surface area contributed by atoms with Crippen molar-refractivity contribution in [2.75, 3.05) is 12.4 Å². The number of rotatable bonds is 2. The van der Waals surface area contributed by atoms with Crippen LogP contribution in [0.1, 0.15) is 0 Å². The Morgan fingerprint density at radius 2 is 2.00 bits per heavy atom. The molecule has 0 fully saturated rings. The summed E-state index contributed by atoms with van der Waals surface area (Å²) in [5, 5.41) is 6.98. The molecule has 1 N–H and O–H groups in total. The van der Waals surface area contributed by atoms with Gasteiger partial charge in [0.1, 0.15) is 0 Å². The summed E-state index contributed by atoms with van der Waals surface area (Å²) in [6.45, 7) is 0. The van der Waals surface area contributed by atoms with Crippen molar-refractivity contribution in [1.29, 1.82) is 0 Å². The Kier molecular flexibility index (Phi) is 2.23. The molecule has 0 aliphatic rings. The van der Waals surface area contributed by atoms with Crippen molar-refractivity contribution in [1.82, 2.24) is 9.59 Å². The third kappa shape index (κ3) is 1.53. The van der Waals surface area contributed by atoms with Crippen molar-refractivity contribution in [3.8, 4) is 10.4 Å². The van der Waals surface area contributed by atoms with E-state index in [2.05, 4.69) is 27.0 Å². The van der Waals surface area contributed by atoms with Gasteiger partial charge in [-0.15, -0.1) is 5.10 Å².